The standard InChI is InChI=1S/C13H38O3Si5/c1-17(2)14-21(10,11)16-20(8,9)13-12-19(6,7)15-18(3,4)5/h17H,12-13H2,1-11H3. The zero-order chi connectivity index (χ0) is 17.1. The molecular formula is C13H38O3Si5. The molecule has 0 aromatic heterocycles. The van der Waals surface area contributed by atoms with Crippen molar-refractivity contribution in [2.45, 2.75) is 84.1 Å². The first-order valence-electron chi connectivity index (χ1n) is 8.12. The van der Waals surface area contributed by atoms with Gasteiger partial charge in [0.1, 0.15) is 0 Å². The summed E-state index contributed by atoms with van der Waals surface area (Å²) >= 11 is 0. The highest BCUT2D eigenvalue weighted by Gasteiger charge is 2.38. The van der Waals surface area contributed by atoms with E-state index in [2.05, 4.69) is 72.0 Å². The van der Waals surface area contributed by atoms with Crippen molar-refractivity contribution in [3.63, 3.8) is 0 Å². The van der Waals surface area contributed by atoms with Crippen molar-refractivity contribution in [3.8, 4) is 0 Å². The summed E-state index contributed by atoms with van der Waals surface area (Å²) in [7, 11) is -7.61. The van der Waals surface area contributed by atoms with Gasteiger partial charge < -0.3 is 12.3 Å². The molecule has 0 saturated heterocycles. The van der Waals surface area contributed by atoms with Crippen molar-refractivity contribution >= 4 is 42.6 Å². The molecule has 128 valence electrons. The molecule has 0 N–H and O–H groups in total. The normalized spacial score (nSPS) is 14.9. The molecule has 8 heteroatoms. The van der Waals surface area contributed by atoms with Gasteiger partial charge in [-0.15, -0.1) is 0 Å². The van der Waals surface area contributed by atoms with Crippen molar-refractivity contribution in [1.82, 2.24) is 0 Å². The quantitative estimate of drug-likeness (QED) is 0.527. The predicted molar refractivity (Wildman–Crippen MR) is 108 cm³/mol. The van der Waals surface area contributed by atoms with Gasteiger partial charge in [-0.3, -0.25) is 0 Å². The first-order chi connectivity index (χ1) is 9.04. The maximum atomic E-state index is 6.53. The SMILES string of the molecule is C[SiH](C)O[Si](C)(C)O[Si](C)(C)CC[Si](C)(C)O[Si](C)(C)C. The maximum absolute atomic E-state index is 6.53. The Morgan fingerprint density at radius 2 is 1.05 bits per heavy atom. The van der Waals surface area contributed by atoms with Crippen LogP contribution in [-0.2, 0) is 12.3 Å². The Morgan fingerprint density at radius 1 is 0.667 bits per heavy atom. The Bertz CT molecular complexity index is 324. The molecule has 21 heavy (non-hydrogen) atoms. The highest BCUT2D eigenvalue weighted by molar-refractivity contribution is 6.87. The summed E-state index contributed by atoms with van der Waals surface area (Å²) in [4.78, 5) is 0. The zero-order valence-electron chi connectivity index (χ0n) is 16.2. The summed E-state index contributed by atoms with van der Waals surface area (Å²) < 4.78 is 19.1. The fraction of sp³-hybridized carbons (Fsp3) is 1.00. The molecule has 0 heterocycles. The van der Waals surface area contributed by atoms with Crippen molar-refractivity contribution in [2.75, 3.05) is 0 Å². The molecule has 0 radical (unpaired) electrons. The van der Waals surface area contributed by atoms with E-state index in [9.17, 15) is 0 Å². The van der Waals surface area contributed by atoms with Crippen LogP contribution in [0.1, 0.15) is 0 Å². The van der Waals surface area contributed by atoms with Gasteiger partial charge in [-0.1, -0.05) is 0 Å². The second kappa shape index (κ2) is 7.69. The molecule has 0 atom stereocenters. The van der Waals surface area contributed by atoms with E-state index in [0.717, 1.165) is 0 Å². The van der Waals surface area contributed by atoms with Crippen LogP contribution in [0.15, 0.2) is 0 Å². The zero-order valence-corrected chi connectivity index (χ0v) is 21.4. The largest absolute Gasteiger partial charge is 0.456 e. The first-order valence-corrected chi connectivity index (χ1v) is 23.4. The number of hydrogen-bond acceptors (Lipinski definition) is 3. The maximum Gasteiger partial charge on any atom is 0.310 e. The van der Waals surface area contributed by atoms with Gasteiger partial charge in [-0.25, -0.2) is 0 Å². The van der Waals surface area contributed by atoms with Crippen molar-refractivity contribution < 1.29 is 12.3 Å². The molecule has 0 saturated carbocycles. The molecule has 0 fully saturated rings. The Balaban J connectivity index is 4.54. The van der Waals surface area contributed by atoms with Gasteiger partial charge in [0.05, 0.1) is 0 Å². The van der Waals surface area contributed by atoms with E-state index >= 15 is 0 Å². The van der Waals surface area contributed by atoms with Crippen LogP contribution in [0.5, 0.6) is 0 Å². The summed E-state index contributed by atoms with van der Waals surface area (Å²) in [5.41, 5.74) is 0. The van der Waals surface area contributed by atoms with E-state index in [-0.39, 0.29) is 0 Å². The van der Waals surface area contributed by atoms with Crippen molar-refractivity contribution in [1.29, 1.82) is 0 Å². The van der Waals surface area contributed by atoms with Crippen LogP contribution in [0, 0.1) is 0 Å². The van der Waals surface area contributed by atoms with Crippen molar-refractivity contribution in [2.24, 2.45) is 0 Å². The molecule has 0 amide bonds. The van der Waals surface area contributed by atoms with E-state index in [4.69, 9.17) is 12.3 Å². The molecule has 0 rings (SSSR count). The lowest BCUT2D eigenvalue weighted by molar-refractivity contribution is 0.401. The van der Waals surface area contributed by atoms with Crippen LogP contribution >= 0.6 is 0 Å². The third-order valence-corrected chi connectivity index (χ3v) is 19.4. The smallest absolute Gasteiger partial charge is 0.310 e. The van der Waals surface area contributed by atoms with Gasteiger partial charge in [0, 0.05) is 0 Å². The van der Waals surface area contributed by atoms with E-state index in [0.29, 0.717) is 0 Å². The van der Waals surface area contributed by atoms with Crippen LogP contribution < -0.4 is 0 Å². The molecule has 0 bridgehead atoms. The molecule has 3 nitrogen and oxygen atoms in total. The molecule has 0 aliphatic carbocycles. The van der Waals surface area contributed by atoms with Crippen LogP contribution in [-0.4, -0.2) is 42.6 Å². The lowest BCUT2D eigenvalue weighted by atomic mass is 10.9. The monoisotopic (exact) mass is 382 g/mol. The average Bonchev–Trinajstić information content (AvgIpc) is 2.06. The van der Waals surface area contributed by atoms with Gasteiger partial charge in [-0.05, 0) is 84.1 Å². The summed E-state index contributed by atoms with van der Waals surface area (Å²) in [6.45, 7) is 25.1. The van der Waals surface area contributed by atoms with Gasteiger partial charge in [0.2, 0.25) is 0 Å². The Morgan fingerprint density at radius 3 is 1.38 bits per heavy atom. The predicted octanol–water partition coefficient (Wildman–Crippen LogP) is 4.97. The molecular weight excluding hydrogens is 345 g/mol. The van der Waals surface area contributed by atoms with Gasteiger partial charge in [0.25, 0.3) is 0 Å². The molecule has 0 aliphatic rings. The molecule has 0 aromatic rings. The summed E-state index contributed by atoms with van der Waals surface area (Å²) in [5, 5.41) is 0. The third kappa shape index (κ3) is 12.1. The Labute approximate surface area is 139 Å². The Hall–Kier alpha value is 0.964. The molecule has 0 spiro atoms. The topological polar surface area (TPSA) is 27.7 Å². The first kappa shape index (κ1) is 22.0. The molecule has 0 aromatic carbocycles. The number of rotatable bonds is 9. The third-order valence-electron chi connectivity index (χ3n) is 2.95. The second-order valence-corrected chi connectivity index (χ2v) is 28.6. The molecule has 0 unspecified atom stereocenters. The second-order valence-electron chi connectivity index (χ2n) is 8.90. The van der Waals surface area contributed by atoms with E-state index in [1.54, 1.807) is 0 Å². The number of hydrogen-bond donors (Lipinski definition) is 0. The van der Waals surface area contributed by atoms with Crippen molar-refractivity contribution in [3.05, 3.63) is 0 Å². The van der Waals surface area contributed by atoms with Gasteiger partial charge >= 0.3 is 8.56 Å². The highest BCUT2D eigenvalue weighted by Crippen LogP contribution is 2.27. The fourth-order valence-corrected chi connectivity index (χ4v) is 25.5. The summed E-state index contributed by atoms with van der Waals surface area (Å²) in [6.07, 6.45) is 0. The Kier molecular flexibility index (Phi) is 8.04. The highest BCUT2D eigenvalue weighted by atomic mass is 28.5. The van der Waals surface area contributed by atoms with Crippen LogP contribution in [0.3, 0.4) is 0 Å². The van der Waals surface area contributed by atoms with E-state index in [1.807, 2.05) is 0 Å². The average molecular weight is 383 g/mol. The van der Waals surface area contributed by atoms with Gasteiger partial charge in [-0.2, -0.15) is 0 Å². The fourth-order valence-electron chi connectivity index (χ4n) is 2.79. The minimum absolute atomic E-state index is 1.02. The summed E-state index contributed by atoms with van der Waals surface area (Å²) in [5.74, 6) is 0. The van der Waals surface area contributed by atoms with Crippen LogP contribution in [0.4, 0.5) is 0 Å². The van der Waals surface area contributed by atoms with E-state index in [1.165, 1.54) is 12.1 Å². The van der Waals surface area contributed by atoms with Crippen LogP contribution in [0.2, 0.25) is 84.1 Å². The lowest BCUT2D eigenvalue weighted by Gasteiger charge is -2.37. The molecule has 0 aliphatic heterocycles. The van der Waals surface area contributed by atoms with Gasteiger partial charge in [0.15, 0.2) is 34.0 Å². The minimum Gasteiger partial charge on any atom is -0.456 e. The minimum atomic E-state index is -1.94. The van der Waals surface area contributed by atoms with E-state index < -0.39 is 42.6 Å². The summed E-state index contributed by atoms with van der Waals surface area (Å²) in [6, 6.07) is 2.40. The van der Waals surface area contributed by atoms with Crippen LogP contribution in [0.25, 0.3) is 0 Å². The lowest BCUT2D eigenvalue weighted by Crippen LogP contribution is -2.50.